The van der Waals surface area contributed by atoms with E-state index in [1.165, 1.54) is 7.11 Å². The molecule has 2 N–H and O–H groups in total. The molecule has 0 fully saturated rings. The molecular formula is C10H12BrF2NO. The van der Waals surface area contributed by atoms with Crippen LogP contribution >= 0.6 is 15.9 Å². The molecule has 0 saturated heterocycles. The molecule has 0 aliphatic rings. The van der Waals surface area contributed by atoms with Crippen molar-refractivity contribution in [2.75, 3.05) is 7.11 Å². The zero-order chi connectivity index (χ0) is 11.4. The molecule has 1 rings (SSSR count). The normalized spacial score (nSPS) is 12.9. The summed E-state index contributed by atoms with van der Waals surface area (Å²) in [4.78, 5) is 0. The SMILES string of the molecule is COc1cccc(Br)c1CC(N)C(F)F. The maximum absolute atomic E-state index is 12.3. The van der Waals surface area contributed by atoms with Crippen LogP contribution in [0.15, 0.2) is 22.7 Å². The van der Waals surface area contributed by atoms with E-state index in [1.807, 2.05) is 0 Å². The van der Waals surface area contributed by atoms with Crippen molar-refractivity contribution in [2.45, 2.75) is 18.9 Å². The van der Waals surface area contributed by atoms with Crippen molar-refractivity contribution >= 4 is 15.9 Å². The lowest BCUT2D eigenvalue weighted by molar-refractivity contribution is 0.115. The first-order chi connectivity index (χ1) is 7.06. The highest BCUT2D eigenvalue weighted by atomic mass is 79.9. The second-order valence-electron chi connectivity index (χ2n) is 3.12. The van der Waals surface area contributed by atoms with Crippen molar-refractivity contribution in [2.24, 2.45) is 5.73 Å². The van der Waals surface area contributed by atoms with Gasteiger partial charge in [0.05, 0.1) is 13.2 Å². The Morgan fingerprint density at radius 3 is 2.67 bits per heavy atom. The number of hydrogen-bond acceptors (Lipinski definition) is 2. The van der Waals surface area contributed by atoms with Gasteiger partial charge in [0.1, 0.15) is 5.75 Å². The average molecular weight is 280 g/mol. The molecule has 0 saturated carbocycles. The smallest absolute Gasteiger partial charge is 0.253 e. The van der Waals surface area contributed by atoms with Crippen molar-refractivity contribution < 1.29 is 13.5 Å². The van der Waals surface area contributed by atoms with Gasteiger partial charge in [-0.1, -0.05) is 22.0 Å². The van der Waals surface area contributed by atoms with Crippen molar-refractivity contribution in [3.63, 3.8) is 0 Å². The lowest BCUT2D eigenvalue weighted by Crippen LogP contribution is -2.31. The molecule has 15 heavy (non-hydrogen) atoms. The number of hydrogen-bond donors (Lipinski definition) is 1. The fraction of sp³-hybridized carbons (Fsp3) is 0.400. The second-order valence-corrected chi connectivity index (χ2v) is 3.98. The highest BCUT2D eigenvalue weighted by Gasteiger charge is 2.19. The van der Waals surface area contributed by atoms with E-state index >= 15 is 0 Å². The minimum absolute atomic E-state index is 0.0856. The van der Waals surface area contributed by atoms with E-state index in [1.54, 1.807) is 18.2 Å². The quantitative estimate of drug-likeness (QED) is 0.920. The summed E-state index contributed by atoms with van der Waals surface area (Å²) in [5, 5.41) is 0. The van der Waals surface area contributed by atoms with Crippen LogP contribution in [0.1, 0.15) is 5.56 Å². The van der Waals surface area contributed by atoms with Gasteiger partial charge >= 0.3 is 0 Å². The van der Waals surface area contributed by atoms with Gasteiger partial charge in [-0.2, -0.15) is 0 Å². The van der Waals surface area contributed by atoms with Gasteiger partial charge in [0, 0.05) is 10.0 Å². The topological polar surface area (TPSA) is 35.2 Å². The molecular weight excluding hydrogens is 268 g/mol. The van der Waals surface area contributed by atoms with Crippen molar-refractivity contribution in [3.05, 3.63) is 28.2 Å². The van der Waals surface area contributed by atoms with E-state index in [9.17, 15) is 8.78 Å². The molecule has 5 heteroatoms. The number of methoxy groups -OCH3 is 1. The molecule has 0 aliphatic carbocycles. The maximum Gasteiger partial charge on any atom is 0.253 e. The summed E-state index contributed by atoms with van der Waals surface area (Å²) in [5.74, 6) is 0.570. The van der Waals surface area contributed by atoms with Crippen LogP contribution in [-0.2, 0) is 6.42 Å². The summed E-state index contributed by atoms with van der Waals surface area (Å²) in [5.41, 5.74) is 5.99. The van der Waals surface area contributed by atoms with Crippen molar-refractivity contribution in [1.82, 2.24) is 0 Å². The third-order valence-electron chi connectivity index (χ3n) is 2.06. The number of benzene rings is 1. The van der Waals surface area contributed by atoms with Gasteiger partial charge in [0.25, 0.3) is 6.43 Å². The highest BCUT2D eigenvalue weighted by molar-refractivity contribution is 9.10. The van der Waals surface area contributed by atoms with Gasteiger partial charge in [0.2, 0.25) is 0 Å². The van der Waals surface area contributed by atoms with E-state index in [0.29, 0.717) is 11.3 Å². The van der Waals surface area contributed by atoms with Crippen LogP contribution in [0, 0.1) is 0 Å². The zero-order valence-electron chi connectivity index (χ0n) is 8.21. The van der Waals surface area contributed by atoms with Gasteiger partial charge in [-0.15, -0.1) is 0 Å². The lowest BCUT2D eigenvalue weighted by atomic mass is 10.1. The molecule has 1 aromatic carbocycles. The fourth-order valence-electron chi connectivity index (χ4n) is 1.25. The van der Waals surface area contributed by atoms with E-state index in [4.69, 9.17) is 10.5 Å². The number of alkyl halides is 2. The molecule has 0 bridgehead atoms. The molecule has 1 unspecified atom stereocenters. The van der Waals surface area contributed by atoms with Crippen LogP contribution in [-0.4, -0.2) is 19.6 Å². The Morgan fingerprint density at radius 1 is 1.47 bits per heavy atom. The van der Waals surface area contributed by atoms with Gasteiger partial charge in [-0.05, 0) is 18.6 Å². The fourth-order valence-corrected chi connectivity index (χ4v) is 1.76. The van der Waals surface area contributed by atoms with Crippen molar-refractivity contribution in [1.29, 1.82) is 0 Å². The average Bonchev–Trinajstić information content (AvgIpc) is 2.20. The van der Waals surface area contributed by atoms with Crippen LogP contribution < -0.4 is 10.5 Å². The Balaban J connectivity index is 2.92. The van der Waals surface area contributed by atoms with Crippen LogP contribution in [0.2, 0.25) is 0 Å². The minimum atomic E-state index is -2.53. The summed E-state index contributed by atoms with van der Waals surface area (Å²) in [6, 6.07) is 4.10. The third kappa shape index (κ3) is 3.14. The van der Waals surface area contributed by atoms with Gasteiger partial charge < -0.3 is 10.5 Å². The van der Waals surface area contributed by atoms with E-state index in [2.05, 4.69) is 15.9 Å². The van der Waals surface area contributed by atoms with Gasteiger partial charge in [-0.25, -0.2) is 8.78 Å². The Kier molecular flexibility index (Phi) is 4.47. The molecule has 0 aliphatic heterocycles. The van der Waals surface area contributed by atoms with E-state index in [0.717, 1.165) is 4.47 Å². The molecule has 0 heterocycles. The lowest BCUT2D eigenvalue weighted by Gasteiger charge is -2.14. The number of halogens is 3. The van der Waals surface area contributed by atoms with Crippen LogP contribution in [0.5, 0.6) is 5.75 Å². The summed E-state index contributed by atoms with van der Waals surface area (Å²) in [6.45, 7) is 0. The first-order valence-electron chi connectivity index (χ1n) is 4.41. The van der Waals surface area contributed by atoms with Gasteiger partial charge in [0.15, 0.2) is 0 Å². The monoisotopic (exact) mass is 279 g/mol. The largest absolute Gasteiger partial charge is 0.496 e. The summed E-state index contributed by atoms with van der Waals surface area (Å²) < 4.78 is 30.4. The summed E-state index contributed by atoms with van der Waals surface area (Å²) in [7, 11) is 1.50. The first kappa shape index (κ1) is 12.4. The van der Waals surface area contributed by atoms with Crippen LogP contribution in [0.4, 0.5) is 8.78 Å². The standard InChI is InChI=1S/C10H12BrF2NO/c1-15-9-4-2-3-7(11)6(9)5-8(14)10(12)13/h2-4,8,10H,5,14H2,1H3. The Labute approximate surface area is 95.5 Å². The molecule has 0 radical (unpaired) electrons. The number of nitrogens with two attached hydrogens (primary N) is 1. The number of ether oxygens (including phenoxy) is 1. The van der Waals surface area contributed by atoms with E-state index in [-0.39, 0.29) is 6.42 Å². The Hall–Kier alpha value is -0.680. The number of rotatable bonds is 4. The molecule has 2 nitrogen and oxygen atoms in total. The molecule has 0 aromatic heterocycles. The first-order valence-corrected chi connectivity index (χ1v) is 5.20. The Bertz CT molecular complexity index is 333. The van der Waals surface area contributed by atoms with Crippen molar-refractivity contribution in [3.8, 4) is 5.75 Å². The molecule has 0 spiro atoms. The minimum Gasteiger partial charge on any atom is -0.496 e. The molecule has 1 aromatic rings. The Morgan fingerprint density at radius 2 is 2.13 bits per heavy atom. The predicted octanol–water partition coefficient (Wildman–Crippen LogP) is 2.59. The van der Waals surface area contributed by atoms with E-state index < -0.39 is 12.5 Å². The second kappa shape index (κ2) is 5.42. The van der Waals surface area contributed by atoms with Crippen LogP contribution in [0.25, 0.3) is 0 Å². The maximum atomic E-state index is 12.3. The van der Waals surface area contributed by atoms with Gasteiger partial charge in [-0.3, -0.25) is 0 Å². The van der Waals surface area contributed by atoms with Crippen LogP contribution in [0.3, 0.4) is 0 Å². The summed E-state index contributed by atoms with van der Waals surface area (Å²) >= 11 is 3.29. The molecule has 84 valence electrons. The summed E-state index contributed by atoms with van der Waals surface area (Å²) in [6.07, 6.45) is -2.44. The third-order valence-corrected chi connectivity index (χ3v) is 2.80. The highest BCUT2D eigenvalue weighted by Crippen LogP contribution is 2.28. The molecule has 1 atom stereocenters. The molecule has 0 amide bonds. The zero-order valence-corrected chi connectivity index (χ0v) is 9.80. The predicted molar refractivity (Wildman–Crippen MR) is 58.4 cm³/mol.